The minimum atomic E-state index is -1.46. The molecule has 0 bridgehead atoms. The van der Waals surface area contributed by atoms with Crippen LogP contribution in [-0.4, -0.2) is 62.5 Å². The third-order valence-electron chi connectivity index (χ3n) is 5.77. The highest BCUT2D eigenvalue weighted by molar-refractivity contribution is 6.35. The molecule has 1 aliphatic heterocycles. The van der Waals surface area contributed by atoms with Crippen molar-refractivity contribution < 1.29 is 33.4 Å². The lowest BCUT2D eigenvalue weighted by Gasteiger charge is -2.37. The van der Waals surface area contributed by atoms with Crippen molar-refractivity contribution in [1.29, 1.82) is 0 Å². The van der Waals surface area contributed by atoms with Gasteiger partial charge in [-0.3, -0.25) is 9.63 Å². The lowest BCUT2D eigenvalue weighted by atomic mass is 9.75. The number of Topliss-reactive ketones (excluding diaryl/α,β-unsaturated/α-hetero) is 1. The smallest absolute Gasteiger partial charge is 0.435 e. The molecule has 0 radical (unpaired) electrons. The molecule has 1 heterocycles. The van der Waals surface area contributed by atoms with Gasteiger partial charge < -0.3 is 23.8 Å². The molecule has 0 aromatic heterocycles. The van der Waals surface area contributed by atoms with Crippen molar-refractivity contribution in [2.24, 2.45) is 11.1 Å². The molecule has 174 valence electrons. The quantitative estimate of drug-likeness (QED) is 0.460. The van der Waals surface area contributed by atoms with E-state index in [1.54, 1.807) is 12.1 Å². The number of carbonyl (C=O) groups excluding carboxylic acids is 2. The van der Waals surface area contributed by atoms with Crippen molar-refractivity contribution in [3.8, 4) is 17.2 Å². The van der Waals surface area contributed by atoms with Crippen LogP contribution >= 0.6 is 11.6 Å². The van der Waals surface area contributed by atoms with E-state index in [-0.39, 0.29) is 27.9 Å². The molecule has 0 N–H and O–H groups in total. The first-order chi connectivity index (χ1) is 15.3. The second kappa shape index (κ2) is 9.28. The molecule has 1 aromatic rings. The highest BCUT2D eigenvalue weighted by Crippen LogP contribution is 2.54. The number of hydrogen-bond acceptors (Lipinski definition) is 8. The molecular weight excluding hydrogens is 440 g/mol. The molecule has 2 unspecified atom stereocenters. The van der Waals surface area contributed by atoms with E-state index in [2.05, 4.69) is 5.16 Å². The van der Waals surface area contributed by atoms with Crippen LogP contribution in [0.4, 0.5) is 4.79 Å². The molecule has 10 heteroatoms. The van der Waals surface area contributed by atoms with Crippen LogP contribution < -0.4 is 14.2 Å². The number of ketones is 1. The number of amides is 1. The monoisotopic (exact) mass is 466 g/mol. The minimum absolute atomic E-state index is 0.170. The van der Waals surface area contributed by atoms with Gasteiger partial charge in [0.25, 0.3) is 0 Å². The van der Waals surface area contributed by atoms with Crippen molar-refractivity contribution in [3.05, 3.63) is 28.5 Å². The zero-order valence-electron chi connectivity index (χ0n) is 19.0. The molecule has 1 amide bonds. The predicted molar refractivity (Wildman–Crippen MR) is 118 cm³/mol. The van der Waals surface area contributed by atoms with Gasteiger partial charge in [0, 0.05) is 37.6 Å². The highest BCUT2D eigenvalue weighted by Gasteiger charge is 2.59. The van der Waals surface area contributed by atoms with Gasteiger partial charge in [0.1, 0.15) is 27.8 Å². The third kappa shape index (κ3) is 3.64. The molecule has 3 rings (SSSR count). The van der Waals surface area contributed by atoms with Crippen LogP contribution in [0.15, 0.2) is 23.1 Å². The Morgan fingerprint density at radius 3 is 2.44 bits per heavy atom. The van der Waals surface area contributed by atoms with Gasteiger partial charge in [-0.25, -0.2) is 4.79 Å². The van der Waals surface area contributed by atoms with Crippen LogP contribution in [0.3, 0.4) is 0 Å². The van der Waals surface area contributed by atoms with E-state index in [1.807, 2.05) is 20.8 Å². The topological polar surface area (TPSA) is 95.9 Å². The average molecular weight is 467 g/mol. The standard InChI is InChI=1S/C22H27ClN2O7/c1-7-25(8-2)21(27)32-24-13-9-12(3)22(16(10-13)30-6)20(26)17-14(28-4)11-15(29-5)18(23)19(17)31-22/h10-12H,7-9H2,1-6H3/b24-13+. The van der Waals surface area contributed by atoms with E-state index < -0.39 is 17.6 Å². The maximum absolute atomic E-state index is 13.7. The van der Waals surface area contributed by atoms with Crippen LogP contribution in [0.25, 0.3) is 0 Å². The number of benzene rings is 1. The van der Waals surface area contributed by atoms with Crippen molar-refractivity contribution in [2.75, 3.05) is 34.4 Å². The number of halogens is 1. The van der Waals surface area contributed by atoms with Gasteiger partial charge in [0.05, 0.1) is 27.0 Å². The Morgan fingerprint density at radius 1 is 1.22 bits per heavy atom. The van der Waals surface area contributed by atoms with E-state index >= 15 is 0 Å². The Kier molecular flexibility index (Phi) is 6.88. The molecule has 0 fully saturated rings. The van der Waals surface area contributed by atoms with E-state index in [4.69, 9.17) is 35.4 Å². The van der Waals surface area contributed by atoms with Crippen molar-refractivity contribution >= 4 is 29.2 Å². The lowest BCUT2D eigenvalue weighted by molar-refractivity contribution is 0.0202. The summed E-state index contributed by atoms with van der Waals surface area (Å²) in [6, 6.07) is 1.55. The molecule has 9 nitrogen and oxygen atoms in total. The Labute approximate surface area is 191 Å². The van der Waals surface area contributed by atoms with Crippen molar-refractivity contribution in [1.82, 2.24) is 4.90 Å². The SMILES string of the molecule is CCN(CC)C(=O)O/N=C1/C=C(OC)C2(Oc3c(Cl)c(OC)cc(OC)c3C2=O)C(C)C1. The molecular formula is C22H27ClN2O7. The summed E-state index contributed by atoms with van der Waals surface area (Å²) in [7, 11) is 4.35. The normalized spacial score (nSPS) is 22.8. The second-order valence-electron chi connectivity index (χ2n) is 7.40. The van der Waals surface area contributed by atoms with Gasteiger partial charge in [-0.05, 0) is 13.8 Å². The van der Waals surface area contributed by atoms with Crippen LogP contribution in [0.2, 0.25) is 5.02 Å². The number of hydrogen-bond donors (Lipinski definition) is 0. The maximum Gasteiger partial charge on any atom is 0.435 e. The number of allylic oxidation sites excluding steroid dienone is 1. The summed E-state index contributed by atoms with van der Waals surface area (Å²) in [5, 5.41) is 4.16. The molecule has 0 saturated heterocycles. The maximum atomic E-state index is 13.7. The van der Waals surface area contributed by atoms with Crippen molar-refractivity contribution in [2.45, 2.75) is 32.8 Å². The molecule has 1 aliphatic carbocycles. The number of oxime groups is 1. The largest absolute Gasteiger partial charge is 0.496 e. The number of rotatable bonds is 6. The first-order valence-corrected chi connectivity index (χ1v) is 10.6. The fourth-order valence-corrected chi connectivity index (χ4v) is 4.28. The Morgan fingerprint density at radius 2 is 1.88 bits per heavy atom. The molecule has 2 aliphatic rings. The summed E-state index contributed by atoms with van der Waals surface area (Å²) < 4.78 is 22.5. The van der Waals surface area contributed by atoms with Gasteiger partial charge >= 0.3 is 6.09 Å². The van der Waals surface area contributed by atoms with E-state index in [1.165, 1.54) is 26.2 Å². The third-order valence-corrected chi connectivity index (χ3v) is 6.13. The molecule has 0 saturated carbocycles. The minimum Gasteiger partial charge on any atom is -0.496 e. The molecule has 2 atom stereocenters. The Hall–Kier alpha value is -2.94. The number of methoxy groups -OCH3 is 3. The Balaban J connectivity index is 2.02. The number of nitrogens with zero attached hydrogens (tertiary/aromatic N) is 2. The van der Waals surface area contributed by atoms with Crippen LogP contribution in [0, 0.1) is 5.92 Å². The first-order valence-electron chi connectivity index (χ1n) is 10.3. The number of carbonyl (C=O) groups is 2. The van der Waals surface area contributed by atoms with Gasteiger partial charge in [0.2, 0.25) is 11.4 Å². The van der Waals surface area contributed by atoms with Crippen LogP contribution in [0.5, 0.6) is 17.2 Å². The summed E-state index contributed by atoms with van der Waals surface area (Å²) >= 11 is 6.46. The number of ether oxygens (including phenoxy) is 4. The van der Waals surface area contributed by atoms with Crippen LogP contribution in [0.1, 0.15) is 37.6 Å². The molecule has 32 heavy (non-hydrogen) atoms. The summed E-state index contributed by atoms with van der Waals surface area (Å²) in [5.41, 5.74) is -0.785. The van der Waals surface area contributed by atoms with E-state index in [0.717, 1.165) is 0 Å². The van der Waals surface area contributed by atoms with Crippen molar-refractivity contribution in [3.63, 3.8) is 0 Å². The lowest BCUT2D eigenvalue weighted by Crippen LogP contribution is -2.51. The molecule has 1 aromatic carbocycles. The second-order valence-corrected chi connectivity index (χ2v) is 7.77. The fraction of sp³-hybridized carbons (Fsp3) is 0.500. The van der Waals surface area contributed by atoms with Gasteiger partial charge in [-0.15, -0.1) is 0 Å². The van der Waals surface area contributed by atoms with E-state index in [0.29, 0.717) is 36.7 Å². The van der Waals surface area contributed by atoms with Gasteiger partial charge in [0.15, 0.2) is 5.75 Å². The summed E-state index contributed by atoms with van der Waals surface area (Å²) in [5.74, 6) is 0.263. The first kappa shape index (κ1) is 23.7. The average Bonchev–Trinajstić information content (AvgIpc) is 3.10. The van der Waals surface area contributed by atoms with Gasteiger partial charge in [-0.1, -0.05) is 23.7 Å². The summed E-state index contributed by atoms with van der Waals surface area (Å²) in [6.07, 6.45) is 1.30. The van der Waals surface area contributed by atoms with E-state index in [9.17, 15) is 9.59 Å². The number of fused-ring (bicyclic) bond motifs is 1. The fourth-order valence-electron chi connectivity index (χ4n) is 4.02. The highest BCUT2D eigenvalue weighted by atomic mass is 35.5. The summed E-state index contributed by atoms with van der Waals surface area (Å²) in [6.45, 7) is 6.54. The Bertz CT molecular complexity index is 987. The molecule has 1 spiro atoms. The predicted octanol–water partition coefficient (Wildman–Crippen LogP) is 4.08. The summed E-state index contributed by atoms with van der Waals surface area (Å²) in [4.78, 5) is 32.4. The van der Waals surface area contributed by atoms with Gasteiger partial charge in [-0.2, -0.15) is 0 Å². The zero-order chi connectivity index (χ0) is 23.6. The van der Waals surface area contributed by atoms with Crippen LogP contribution in [-0.2, 0) is 9.57 Å². The zero-order valence-corrected chi connectivity index (χ0v) is 19.7.